The van der Waals surface area contributed by atoms with Crippen LogP contribution in [0.15, 0.2) is 24.4 Å². The fourth-order valence-electron chi connectivity index (χ4n) is 2.26. The third-order valence-corrected chi connectivity index (χ3v) is 3.26. The zero-order valence-corrected chi connectivity index (χ0v) is 12.0. The Hall–Kier alpha value is -2.01. The maximum Gasteiger partial charge on any atom is 0.325 e. The number of methoxy groups -OCH3 is 1. The number of hydrogen-bond acceptors (Lipinski definition) is 4. The van der Waals surface area contributed by atoms with Crippen LogP contribution in [0.25, 0.3) is 10.9 Å². The first-order valence-corrected chi connectivity index (χ1v) is 6.58. The summed E-state index contributed by atoms with van der Waals surface area (Å²) in [5.74, 6) is 0.380. The maximum atomic E-state index is 11.7. The number of H-pyrrole nitrogens is 1. The molecule has 1 aromatic heterocycles. The van der Waals surface area contributed by atoms with Crippen molar-refractivity contribution in [2.24, 2.45) is 5.73 Å². The van der Waals surface area contributed by atoms with Gasteiger partial charge in [-0.15, -0.1) is 0 Å². The number of nitrogens with two attached hydrogens (primary N) is 1. The molecule has 3 N–H and O–H groups in total. The van der Waals surface area contributed by atoms with E-state index in [2.05, 4.69) is 4.98 Å². The van der Waals surface area contributed by atoms with Gasteiger partial charge in [-0.25, -0.2) is 0 Å². The highest BCUT2D eigenvalue weighted by atomic mass is 16.5. The molecule has 0 saturated carbocycles. The van der Waals surface area contributed by atoms with Gasteiger partial charge in [0.1, 0.15) is 11.3 Å². The Labute approximate surface area is 118 Å². The van der Waals surface area contributed by atoms with Gasteiger partial charge in [0, 0.05) is 23.5 Å². The second-order valence-electron chi connectivity index (χ2n) is 5.04. The third-order valence-electron chi connectivity index (χ3n) is 3.26. The molecular weight excluding hydrogens is 256 g/mol. The lowest BCUT2D eigenvalue weighted by Crippen LogP contribution is -2.47. The maximum absolute atomic E-state index is 11.7. The van der Waals surface area contributed by atoms with Crippen LogP contribution in [-0.2, 0) is 16.0 Å². The van der Waals surface area contributed by atoms with E-state index in [-0.39, 0.29) is 0 Å². The molecule has 0 spiro atoms. The lowest BCUT2D eigenvalue weighted by Gasteiger charge is -2.20. The molecule has 0 bridgehead atoms. The van der Waals surface area contributed by atoms with E-state index in [1.165, 1.54) is 7.11 Å². The van der Waals surface area contributed by atoms with Crippen LogP contribution in [0.1, 0.15) is 19.4 Å². The van der Waals surface area contributed by atoms with Gasteiger partial charge in [-0.1, -0.05) is 0 Å². The lowest BCUT2D eigenvalue weighted by molar-refractivity contribution is -0.146. The Morgan fingerprint density at radius 3 is 2.85 bits per heavy atom. The first kappa shape index (κ1) is 14.4. The van der Waals surface area contributed by atoms with Gasteiger partial charge in [-0.3, -0.25) is 4.79 Å². The van der Waals surface area contributed by atoms with Gasteiger partial charge in [0.2, 0.25) is 0 Å². The minimum atomic E-state index is -1.05. The van der Waals surface area contributed by atoms with Gasteiger partial charge < -0.3 is 20.2 Å². The molecule has 5 heteroatoms. The average molecular weight is 276 g/mol. The quantitative estimate of drug-likeness (QED) is 0.819. The van der Waals surface area contributed by atoms with Crippen LogP contribution in [0, 0.1) is 0 Å². The summed E-state index contributed by atoms with van der Waals surface area (Å²) in [4.78, 5) is 14.9. The molecular formula is C15H20N2O3. The Morgan fingerprint density at radius 1 is 1.45 bits per heavy atom. The highest BCUT2D eigenvalue weighted by molar-refractivity contribution is 5.87. The van der Waals surface area contributed by atoms with Crippen molar-refractivity contribution in [3.05, 3.63) is 30.0 Å². The van der Waals surface area contributed by atoms with Crippen LogP contribution >= 0.6 is 0 Å². The number of benzene rings is 1. The van der Waals surface area contributed by atoms with Crippen molar-refractivity contribution in [2.45, 2.75) is 25.8 Å². The molecule has 0 fully saturated rings. The largest absolute Gasteiger partial charge is 0.494 e. The van der Waals surface area contributed by atoms with E-state index in [9.17, 15) is 4.79 Å². The molecule has 1 heterocycles. The first-order valence-electron chi connectivity index (χ1n) is 6.58. The fraction of sp³-hybridized carbons (Fsp3) is 0.400. The Bertz CT molecular complexity index is 617. The zero-order chi connectivity index (χ0) is 14.8. The summed E-state index contributed by atoms with van der Waals surface area (Å²) in [6, 6.07) is 5.82. The molecule has 0 saturated heterocycles. The summed E-state index contributed by atoms with van der Waals surface area (Å²) in [6.07, 6.45) is 2.27. The van der Waals surface area contributed by atoms with Gasteiger partial charge in [-0.2, -0.15) is 0 Å². The standard InChI is InChI=1S/C15H20N2O3/c1-4-20-11-5-6-13-12(7-11)10(9-17-13)8-15(2,16)14(18)19-3/h5-7,9,17H,4,8,16H2,1-3H3/t15-/m0/s1. The van der Waals surface area contributed by atoms with E-state index < -0.39 is 11.5 Å². The predicted octanol–water partition coefficient (Wildman–Crippen LogP) is 2.00. The minimum absolute atomic E-state index is 0.398. The zero-order valence-electron chi connectivity index (χ0n) is 12.0. The smallest absolute Gasteiger partial charge is 0.325 e. The van der Waals surface area contributed by atoms with Crippen molar-refractivity contribution in [1.29, 1.82) is 0 Å². The lowest BCUT2D eigenvalue weighted by atomic mass is 9.94. The molecule has 0 aliphatic heterocycles. The molecule has 0 aliphatic carbocycles. The van der Waals surface area contributed by atoms with E-state index in [4.69, 9.17) is 15.2 Å². The molecule has 0 radical (unpaired) electrons. The van der Waals surface area contributed by atoms with Crippen molar-refractivity contribution < 1.29 is 14.3 Å². The summed E-state index contributed by atoms with van der Waals surface area (Å²) >= 11 is 0. The second kappa shape index (κ2) is 5.54. The monoisotopic (exact) mass is 276 g/mol. The van der Waals surface area contributed by atoms with Crippen LogP contribution in [0.3, 0.4) is 0 Å². The summed E-state index contributed by atoms with van der Waals surface area (Å²) in [7, 11) is 1.34. The first-order chi connectivity index (χ1) is 9.47. The number of hydrogen-bond donors (Lipinski definition) is 2. The highest BCUT2D eigenvalue weighted by Crippen LogP contribution is 2.26. The van der Waals surface area contributed by atoms with Crippen molar-refractivity contribution in [1.82, 2.24) is 4.98 Å². The number of nitrogens with one attached hydrogen (secondary N) is 1. The SMILES string of the molecule is CCOc1ccc2[nH]cc(C[C@](C)(N)C(=O)OC)c2c1. The number of carbonyl (C=O) groups excluding carboxylic acids is 1. The van der Waals surface area contributed by atoms with Gasteiger partial charge in [-0.05, 0) is 37.6 Å². The van der Waals surface area contributed by atoms with Gasteiger partial charge in [0.05, 0.1) is 13.7 Å². The van der Waals surface area contributed by atoms with E-state index >= 15 is 0 Å². The number of rotatable bonds is 5. The van der Waals surface area contributed by atoms with Crippen molar-refractivity contribution in [2.75, 3.05) is 13.7 Å². The van der Waals surface area contributed by atoms with E-state index in [0.717, 1.165) is 22.2 Å². The summed E-state index contributed by atoms with van der Waals surface area (Å²) in [5.41, 5.74) is 6.94. The molecule has 0 unspecified atom stereocenters. The Morgan fingerprint density at radius 2 is 2.20 bits per heavy atom. The van der Waals surface area contributed by atoms with E-state index in [1.807, 2.05) is 31.3 Å². The number of esters is 1. The van der Waals surface area contributed by atoms with Crippen LogP contribution in [0.5, 0.6) is 5.75 Å². The molecule has 1 atom stereocenters. The molecule has 0 aliphatic rings. The van der Waals surface area contributed by atoms with Crippen molar-refractivity contribution in [3.8, 4) is 5.75 Å². The molecule has 0 amide bonds. The van der Waals surface area contributed by atoms with Crippen LogP contribution in [0.4, 0.5) is 0 Å². The van der Waals surface area contributed by atoms with Gasteiger partial charge in [0.15, 0.2) is 0 Å². The average Bonchev–Trinajstić information content (AvgIpc) is 2.80. The molecule has 20 heavy (non-hydrogen) atoms. The van der Waals surface area contributed by atoms with Crippen LogP contribution < -0.4 is 10.5 Å². The van der Waals surface area contributed by atoms with E-state index in [1.54, 1.807) is 6.92 Å². The number of fused-ring (bicyclic) bond motifs is 1. The summed E-state index contributed by atoms with van der Waals surface area (Å²) in [5, 5.41) is 1.01. The number of carbonyl (C=O) groups is 1. The molecule has 1 aromatic carbocycles. The third kappa shape index (κ3) is 2.77. The number of aromatic nitrogens is 1. The van der Waals surface area contributed by atoms with Gasteiger partial charge >= 0.3 is 5.97 Å². The normalized spacial score (nSPS) is 14.0. The second-order valence-corrected chi connectivity index (χ2v) is 5.04. The predicted molar refractivity (Wildman–Crippen MR) is 77.8 cm³/mol. The Balaban J connectivity index is 2.34. The number of aromatic amines is 1. The summed E-state index contributed by atoms with van der Waals surface area (Å²) < 4.78 is 10.2. The van der Waals surface area contributed by atoms with Crippen molar-refractivity contribution >= 4 is 16.9 Å². The minimum Gasteiger partial charge on any atom is -0.494 e. The molecule has 2 aromatic rings. The molecule has 5 nitrogen and oxygen atoms in total. The Kier molecular flexibility index (Phi) is 3.99. The van der Waals surface area contributed by atoms with Crippen LogP contribution in [0.2, 0.25) is 0 Å². The topological polar surface area (TPSA) is 77.3 Å². The number of ether oxygens (including phenoxy) is 2. The van der Waals surface area contributed by atoms with Crippen molar-refractivity contribution in [3.63, 3.8) is 0 Å². The summed E-state index contributed by atoms with van der Waals surface area (Å²) in [6.45, 7) is 4.22. The highest BCUT2D eigenvalue weighted by Gasteiger charge is 2.30. The van der Waals surface area contributed by atoms with Gasteiger partial charge in [0.25, 0.3) is 0 Å². The molecule has 108 valence electrons. The van der Waals surface area contributed by atoms with E-state index in [0.29, 0.717) is 13.0 Å². The fourth-order valence-corrected chi connectivity index (χ4v) is 2.26. The molecule has 2 rings (SSSR count). The van der Waals surface area contributed by atoms with Crippen LogP contribution in [-0.4, -0.2) is 30.2 Å².